The fraction of sp³-hybridized carbons (Fsp3) is 0.304. The summed E-state index contributed by atoms with van der Waals surface area (Å²) in [6.07, 6.45) is 3.85. The zero-order chi connectivity index (χ0) is 27.3. The van der Waals surface area contributed by atoms with Crippen LogP contribution in [0.3, 0.4) is 0 Å². The van der Waals surface area contributed by atoms with E-state index in [1.807, 2.05) is 0 Å². The third-order valence-corrected chi connectivity index (χ3v) is 8.32. The summed E-state index contributed by atoms with van der Waals surface area (Å²) >= 11 is 12.4. The minimum atomic E-state index is -2.14. The molecule has 0 amide bonds. The van der Waals surface area contributed by atoms with Gasteiger partial charge in [0.2, 0.25) is 0 Å². The molecule has 5 rings (SSSR count). The zero-order valence-corrected chi connectivity index (χ0v) is 21.8. The highest BCUT2D eigenvalue weighted by atomic mass is 35.5. The van der Waals surface area contributed by atoms with Crippen LogP contribution in [0.15, 0.2) is 54.4 Å². The molecule has 200 valence electrons. The third kappa shape index (κ3) is 3.70. The molecule has 3 aromatic heterocycles. The number of methoxy groups -OCH3 is 1. The lowest BCUT2D eigenvalue weighted by molar-refractivity contribution is -0.282. The quantitative estimate of drug-likeness (QED) is 0.180. The number of aromatic nitrogens is 5. The van der Waals surface area contributed by atoms with E-state index >= 15 is 0 Å². The fourth-order valence-electron chi connectivity index (χ4n) is 4.84. The van der Waals surface area contributed by atoms with Crippen LogP contribution in [-0.2, 0) is 20.6 Å². The van der Waals surface area contributed by atoms with E-state index in [0.717, 1.165) is 23.5 Å². The Labute approximate surface area is 228 Å². The van der Waals surface area contributed by atoms with Crippen molar-refractivity contribution in [3.05, 3.63) is 82.5 Å². The molecule has 1 unspecified atom stereocenters. The van der Waals surface area contributed by atoms with Gasteiger partial charge in [0, 0.05) is 42.2 Å². The van der Waals surface area contributed by atoms with Crippen LogP contribution < -0.4 is 0 Å². The van der Waals surface area contributed by atoms with Gasteiger partial charge in [0.25, 0.3) is 0 Å². The second-order valence-electron chi connectivity index (χ2n) is 8.40. The van der Waals surface area contributed by atoms with Crippen molar-refractivity contribution < 1.29 is 32.9 Å². The summed E-state index contributed by atoms with van der Waals surface area (Å²) < 4.78 is 54.8. The Bertz CT molecular complexity index is 1430. The first kappa shape index (κ1) is 27.0. The summed E-state index contributed by atoms with van der Waals surface area (Å²) in [5.41, 5.74) is -4.93. The van der Waals surface area contributed by atoms with E-state index in [9.17, 15) is 23.4 Å². The van der Waals surface area contributed by atoms with Crippen molar-refractivity contribution in [2.45, 2.75) is 27.7 Å². The Morgan fingerprint density at radius 1 is 1.26 bits per heavy atom. The van der Waals surface area contributed by atoms with Gasteiger partial charge in [-0.05, 0) is 18.2 Å². The van der Waals surface area contributed by atoms with Crippen LogP contribution in [-0.4, -0.2) is 65.5 Å². The van der Waals surface area contributed by atoms with E-state index in [1.165, 1.54) is 36.6 Å². The summed E-state index contributed by atoms with van der Waals surface area (Å²) in [4.78, 5) is 8.60. The number of rotatable bonds is 6. The van der Waals surface area contributed by atoms with Gasteiger partial charge >= 0.3 is 0 Å². The van der Waals surface area contributed by atoms with Crippen molar-refractivity contribution >= 4 is 35.6 Å². The number of thiol groups is 1. The summed E-state index contributed by atoms with van der Waals surface area (Å²) in [5, 5.41) is 30.3. The van der Waals surface area contributed by atoms with E-state index in [2.05, 4.69) is 32.9 Å². The second-order valence-corrected chi connectivity index (χ2v) is 10.4. The first-order chi connectivity index (χ1) is 18.2. The van der Waals surface area contributed by atoms with Gasteiger partial charge in [-0.25, -0.2) is 22.8 Å². The highest BCUT2D eigenvalue weighted by molar-refractivity contribution is 7.80. The fourth-order valence-corrected chi connectivity index (χ4v) is 6.74. The lowest BCUT2D eigenvalue weighted by Crippen LogP contribution is -2.75. The molecule has 0 bridgehead atoms. The van der Waals surface area contributed by atoms with Crippen LogP contribution in [0.5, 0.6) is 0 Å². The maximum atomic E-state index is 14.0. The Balaban J connectivity index is 1.87. The molecule has 0 spiro atoms. The number of thiazole rings is 1. The van der Waals surface area contributed by atoms with Crippen LogP contribution in [0.4, 0.5) is 13.2 Å². The topological polar surface area (TPSA) is 115 Å². The lowest BCUT2D eigenvalue weighted by atomic mass is 9.67. The van der Waals surface area contributed by atoms with Crippen LogP contribution in [0.2, 0.25) is 0 Å². The number of aliphatic hydroxyl groups is 2. The molecule has 1 aromatic carbocycles. The summed E-state index contributed by atoms with van der Waals surface area (Å²) in [7, 11) is 1.34. The molecule has 1 saturated heterocycles. The molecule has 1 fully saturated rings. The number of benzene rings is 1. The first-order valence-corrected chi connectivity index (χ1v) is 12.7. The Kier molecular flexibility index (Phi) is 7.01. The van der Waals surface area contributed by atoms with E-state index in [-0.39, 0.29) is 21.8 Å². The van der Waals surface area contributed by atoms with Gasteiger partial charge in [0.05, 0.1) is 12.8 Å². The second kappa shape index (κ2) is 9.86. The van der Waals surface area contributed by atoms with E-state index in [4.69, 9.17) is 21.1 Å². The van der Waals surface area contributed by atoms with Crippen molar-refractivity contribution in [2.75, 3.05) is 13.7 Å². The largest absolute Gasteiger partial charge is 0.392 e. The van der Waals surface area contributed by atoms with Crippen LogP contribution in [0.1, 0.15) is 10.6 Å². The molecule has 0 radical (unpaired) electrons. The number of alkyl halides is 1. The average molecular weight is 586 g/mol. The first-order valence-electron chi connectivity index (χ1n) is 10.9. The Hall–Kier alpha value is -2.59. The molecular formula is C23H19ClF3N5O4S2. The van der Waals surface area contributed by atoms with E-state index in [1.54, 1.807) is 17.5 Å². The van der Waals surface area contributed by atoms with Crippen LogP contribution >= 0.6 is 35.6 Å². The number of pyridine rings is 1. The van der Waals surface area contributed by atoms with Crippen molar-refractivity contribution in [1.29, 1.82) is 0 Å². The number of hydrogen-bond donors (Lipinski definition) is 3. The predicted molar refractivity (Wildman–Crippen MR) is 133 cm³/mol. The number of ether oxygens (including phenoxy) is 2. The maximum Gasteiger partial charge on any atom is 0.194 e. The molecule has 9 nitrogen and oxygen atoms in total. The van der Waals surface area contributed by atoms with Crippen LogP contribution in [0.25, 0.3) is 11.3 Å². The third-order valence-electron chi connectivity index (χ3n) is 6.55. The highest BCUT2D eigenvalue weighted by Crippen LogP contribution is 2.59. The molecule has 4 heterocycles. The molecule has 1 aliphatic rings. The number of halogens is 4. The monoisotopic (exact) mass is 585 g/mol. The van der Waals surface area contributed by atoms with Gasteiger partial charge in [-0.2, -0.15) is 0 Å². The van der Waals surface area contributed by atoms with Gasteiger partial charge in [0.1, 0.15) is 22.2 Å². The smallest absolute Gasteiger partial charge is 0.194 e. The van der Waals surface area contributed by atoms with E-state index in [0.29, 0.717) is 0 Å². The molecule has 38 heavy (non-hydrogen) atoms. The van der Waals surface area contributed by atoms with Gasteiger partial charge < -0.3 is 19.7 Å². The minimum Gasteiger partial charge on any atom is -0.392 e. The molecule has 2 N–H and O–H groups in total. The molecule has 1 aliphatic heterocycles. The highest BCUT2D eigenvalue weighted by Gasteiger charge is 2.74. The Morgan fingerprint density at radius 3 is 2.58 bits per heavy atom. The van der Waals surface area contributed by atoms with Gasteiger partial charge in [-0.1, -0.05) is 22.9 Å². The molecule has 15 heteroatoms. The maximum absolute atomic E-state index is 14.0. The lowest BCUT2D eigenvalue weighted by Gasteiger charge is -2.59. The SMILES string of the molecule is CO[C@@]1(c2nccs2)[C@@H](S)O[C@](Cl)(CO)[C@H](O)C1(c1cccnc1)n1cc(-c2cc(F)c(F)c(F)c2)nn1. The molecule has 0 aliphatic carbocycles. The van der Waals surface area contributed by atoms with Gasteiger partial charge in [-0.15, -0.1) is 29.1 Å². The predicted octanol–water partition coefficient (Wildman–Crippen LogP) is 3.07. The summed E-state index contributed by atoms with van der Waals surface area (Å²) in [6.45, 7) is -0.859. The van der Waals surface area contributed by atoms with Gasteiger partial charge in [0.15, 0.2) is 33.7 Å². The Morgan fingerprint density at radius 2 is 2.00 bits per heavy atom. The van der Waals surface area contributed by atoms with Crippen LogP contribution in [0, 0.1) is 17.5 Å². The zero-order valence-electron chi connectivity index (χ0n) is 19.4. The average Bonchev–Trinajstić information content (AvgIpc) is 3.63. The van der Waals surface area contributed by atoms with Crippen molar-refractivity contribution in [3.8, 4) is 11.3 Å². The van der Waals surface area contributed by atoms with Crippen molar-refractivity contribution in [2.24, 2.45) is 0 Å². The van der Waals surface area contributed by atoms with Gasteiger partial charge in [-0.3, -0.25) is 4.98 Å². The van der Waals surface area contributed by atoms with E-state index < -0.39 is 51.8 Å². The summed E-state index contributed by atoms with van der Waals surface area (Å²) in [6, 6.07) is 4.72. The van der Waals surface area contributed by atoms with Crippen molar-refractivity contribution in [3.63, 3.8) is 0 Å². The minimum absolute atomic E-state index is 0.0752. The normalized spacial score (nSPS) is 29.5. The standard InChI is InChI=1S/C23H19ClF3N5O4S2/c1-35-23(19-29-5-6-38-19)20(37)36-21(24,11-33)18(34)22(23,13-3-2-4-28-9-13)32-10-16(30-31-32)12-7-14(25)17(27)15(26)8-12/h2-10,18,20,33-34,37H,11H2,1H3/t18-,20+,21+,22?,23-/m0/s1. The molecule has 0 saturated carbocycles. The number of nitrogens with zero attached hydrogens (tertiary/aromatic N) is 5. The van der Waals surface area contributed by atoms with Crippen molar-refractivity contribution in [1.82, 2.24) is 25.0 Å². The molecule has 5 atom stereocenters. The number of aliphatic hydroxyl groups excluding tert-OH is 2. The summed E-state index contributed by atoms with van der Waals surface area (Å²) in [5.74, 6) is -4.48. The molecule has 4 aromatic rings. The number of hydrogen-bond acceptors (Lipinski definition) is 10. The molecular weight excluding hydrogens is 567 g/mol.